The molecule has 0 amide bonds. The number of rotatable bonds is 10. The van der Waals surface area contributed by atoms with Gasteiger partial charge < -0.3 is 24.8 Å². The van der Waals surface area contributed by atoms with Gasteiger partial charge in [0.25, 0.3) is 0 Å². The van der Waals surface area contributed by atoms with Crippen molar-refractivity contribution in [1.29, 1.82) is 0 Å². The smallest absolute Gasteiger partial charge is 0.126 e. The largest absolute Gasteiger partial charge is 0.383 e. The maximum atomic E-state index is 6.56. The molecule has 3 N–H and O–H groups in total. The van der Waals surface area contributed by atoms with Crippen LogP contribution < -0.4 is 16.0 Å². The van der Waals surface area contributed by atoms with Gasteiger partial charge in [-0.25, -0.2) is 4.98 Å². The van der Waals surface area contributed by atoms with E-state index in [1.165, 1.54) is 0 Å². The van der Waals surface area contributed by atoms with Gasteiger partial charge in [-0.05, 0) is 58.6 Å². The SMILES string of the molecule is COCC(C)NC1CCC(Nc2cc(C3=NC(NCC4COCC(C)(C)O4)CC=C3)c(Cl)cn2)CC1. The molecule has 1 aromatic rings. The summed E-state index contributed by atoms with van der Waals surface area (Å²) < 4.78 is 17.1. The number of hydrogen-bond donors (Lipinski definition) is 3. The van der Waals surface area contributed by atoms with Crippen molar-refractivity contribution in [2.45, 2.75) is 88.9 Å². The van der Waals surface area contributed by atoms with Gasteiger partial charge in [-0.15, -0.1) is 0 Å². The van der Waals surface area contributed by atoms with Crippen molar-refractivity contribution in [3.8, 4) is 0 Å². The highest BCUT2D eigenvalue weighted by Gasteiger charge is 2.30. The minimum Gasteiger partial charge on any atom is -0.383 e. The fourth-order valence-corrected chi connectivity index (χ4v) is 5.41. The maximum Gasteiger partial charge on any atom is 0.126 e. The number of aliphatic imine (C=N–C) groups is 1. The molecule has 2 aliphatic heterocycles. The molecule has 0 bridgehead atoms. The molecule has 3 atom stereocenters. The van der Waals surface area contributed by atoms with E-state index in [2.05, 4.69) is 47.8 Å². The van der Waals surface area contributed by atoms with Crippen LogP contribution in [0.2, 0.25) is 5.02 Å². The van der Waals surface area contributed by atoms with Gasteiger partial charge in [0, 0.05) is 50.0 Å². The fraction of sp³-hybridized carbons (Fsp3) is 0.704. The van der Waals surface area contributed by atoms with Gasteiger partial charge in [-0.3, -0.25) is 10.3 Å². The molecule has 9 heteroatoms. The molecule has 4 rings (SSSR count). The first-order valence-electron chi connectivity index (χ1n) is 13.2. The van der Waals surface area contributed by atoms with Gasteiger partial charge in [0.15, 0.2) is 0 Å². The molecule has 0 aromatic carbocycles. The Labute approximate surface area is 220 Å². The van der Waals surface area contributed by atoms with Gasteiger partial charge in [-0.2, -0.15) is 0 Å². The number of pyridine rings is 1. The summed E-state index contributed by atoms with van der Waals surface area (Å²) >= 11 is 6.56. The van der Waals surface area contributed by atoms with Crippen molar-refractivity contribution in [2.75, 3.05) is 38.8 Å². The van der Waals surface area contributed by atoms with E-state index in [-0.39, 0.29) is 17.9 Å². The molecule has 1 aromatic heterocycles. The van der Waals surface area contributed by atoms with Crippen LogP contribution in [-0.2, 0) is 14.2 Å². The molecule has 3 heterocycles. The van der Waals surface area contributed by atoms with Crippen LogP contribution in [-0.4, -0.2) is 80.2 Å². The first kappa shape index (κ1) is 27.5. The second-order valence-electron chi connectivity index (χ2n) is 10.9. The van der Waals surface area contributed by atoms with Gasteiger partial charge >= 0.3 is 0 Å². The molecule has 0 spiro atoms. The van der Waals surface area contributed by atoms with Gasteiger partial charge in [-0.1, -0.05) is 17.7 Å². The number of allylic oxidation sites excluding steroid dienone is 1. The van der Waals surface area contributed by atoms with E-state index in [9.17, 15) is 0 Å². The van der Waals surface area contributed by atoms with E-state index in [1.54, 1.807) is 13.3 Å². The normalized spacial score (nSPS) is 29.0. The fourth-order valence-electron chi connectivity index (χ4n) is 5.21. The molecule has 36 heavy (non-hydrogen) atoms. The Kier molecular flexibility index (Phi) is 9.77. The van der Waals surface area contributed by atoms with E-state index < -0.39 is 0 Å². The minimum absolute atomic E-state index is 0.0205. The monoisotopic (exact) mass is 519 g/mol. The lowest BCUT2D eigenvalue weighted by Gasteiger charge is -2.36. The van der Waals surface area contributed by atoms with Crippen LogP contribution in [0.25, 0.3) is 0 Å². The molecule has 3 aliphatic rings. The number of ether oxygens (including phenoxy) is 3. The van der Waals surface area contributed by atoms with Crippen LogP contribution in [0.4, 0.5) is 5.82 Å². The van der Waals surface area contributed by atoms with E-state index in [1.807, 2.05) is 12.1 Å². The predicted molar refractivity (Wildman–Crippen MR) is 145 cm³/mol. The molecule has 2 fully saturated rings. The topological polar surface area (TPSA) is 89.0 Å². The zero-order valence-corrected chi connectivity index (χ0v) is 22.8. The zero-order valence-electron chi connectivity index (χ0n) is 22.1. The van der Waals surface area contributed by atoms with Crippen molar-refractivity contribution in [3.63, 3.8) is 0 Å². The second-order valence-corrected chi connectivity index (χ2v) is 11.3. The standard InChI is InChI=1S/C27H42ClN5O3/c1-18(15-34-4)31-19-8-10-20(11-9-19)32-26-12-22(23(28)14-30-26)24-6-5-7-25(33-24)29-13-21-16-35-17-27(2,3)36-21/h5-6,12,14,18-21,25,29,31H,7-11,13,15-17H2,1-4H3,(H,30,32). The quantitative estimate of drug-likeness (QED) is 0.431. The number of nitrogens with one attached hydrogen (secondary N) is 3. The van der Waals surface area contributed by atoms with Gasteiger partial charge in [0.2, 0.25) is 0 Å². The third kappa shape index (κ3) is 7.97. The lowest BCUT2D eigenvalue weighted by atomic mass is 9.90. The van der Waals surface area contributed by atoms with Crippen molar-refractivity contribution in [2.24, 2.45) is 4.99 Å². The van der Waals surface area contributed by atoms with E-state index in [0.29, 0.717) is 42.9 Å². The molecule has 200 valence electrons. The second kappa shape index (κ2) is 12.8. The first-order chi connectivity index (χ1) is 17.3. The van der Waals surface area contributed by atoms with Gasteiger partial charge in [0.1, 0.15) is 12.0 Å². The summed E-state index contributed by atoms with van der Waals surface area (Å²) in [4.78, 5) is 9.49. The Morgan fingerprint density at radius 3 is 2.75 bits per heavy atom. The van der Waals surface area contributed by atoms with Crippen LogP contribution in [0.1, 0.15) is 58.4 Å². The lowest BCUT2D eigenvalue weighted by molar-refractivity contribution is -0.180. The molecule has 0 radical (unpaired) electrons. The van der Waals surface area contributed by atoms with Crippen molar-refractivity contribution >= 4 is 23.1 Å². The summed E-state index contributed by atoms with van der Waals surface area (Å²) in [5, 5.41) is 11.4. The molecular weight excluding hydrogens is 478 g/mol. The number of nitrogens with zero attached hydrogens (tertiary/aromatic N) is 2. The summed E-state index contributed by atoms with van der Waals surface area (Å²) in [5.74, 6) is 0.847. The highest BCUT2D eigenvalue weighted by molar-refractivity contribution is 6.35. The third-order valence-electron chi connectivity index (χ3n) is 6.90. The molecule has 8 nitrogen and oxygen atoms in total. The van der Waals surface area contributed by atoms with Crippen molar-refractivity contribution < 1.29 is 14.2 Å². The molecular formula is C27H42ClN5O3. The summed E-state index contributed by atoms with van der Waals surface area (Å²) in [5.41, 5.74) is 1.52. The van der Waals surface area contributed by atoms with Crippen molar-refractivity contribution in [1.82, 2.24) is 15.6 Å². The highest BCUT2D eigenvalue weighted by Crippen LogP contribution is 2.26. The van der Waals surface area contributed by atoms with E-state index >= 15 is 0 Å². The van der Waals surface area contributed by atoms with Crippen LogP contribution in [0, 0.1) is 0 Å². The third-order valence-corrected chi connectivity index (χ3v) is 7.20. The molecule has 3 unspecified atom stereocenters. The van der Waals surface area contributed by atoms with Crippen molar-refractivity contribution in [3.05, 3.63) is 35.0 Å². The Hall–Kier alpha value is -1.55. The molecule has 1 aliphatic carbocycles. The van der Waals surface area contributed by atoms with E-state index in [4.69, 9.17) is 30.8 Å². The molecule has 1 saturated carbocycles. The Bertz CT molecular complexity index is 917. The predicted octanol–water partition coefficient (Wildman–Crippen LogP) is 3.94. The van der Waals surface area contributed by atoms with E-state index in [0.717, 1.165) is 55.8 Å². The number of halogens is 1. The molecule has 1 saturated heterocycles. The maximum absolute atomic E-state index is 6.56. The highest BCUT2D eigenvalue weighted by atomic mass is 35.5. The Morgan fingerprint density at radius 1 is 1.22 bits per heavy atom. The summed E-state index contributed by atoms with van der Waals surface area (Å²) in [7, 11) is 1.75. The van der Waals surface area contributed by atoms with Crippen LogP contribution >= 0.6 is 11.6 Å². The summed E-state index contributed by atoms with van der Waals surface area (Å²) in [6.45, 7) is 8.95. The van der Waals surface area contributed by atoms with Crippen LogP contribution in [0.5, 0.6) is 0 Å². The first-order valence-corrected chi connectivity index (χ1v) is 13.6. The number of methoxy groups -OCH3 is 1. The number of anilines is 1. The number of aromatic nitrogens is 1. The Morgan fingerprint density at radius 2 is 2.00 bits per heavy atom. The Balaban J connectivity index is 1.32. The zero-order chi connectivity index (χ0) is 25.5. The summed E-state index contributed by atoms with van der Waals surface area (Å²) in [6, 6.07) is 3.36. The number of dihydropyridines is 1. The van der Waals surface area contributed by atoms with Gasteiger partial charge in [0.05, 0.1) is 42.3 Å². The minimum atomic E-state index is -0.252. The number of hydrogen-bond acceptors (Lipinski definition) is 8. The average Bonchev–Trinajstić information content (AvgIpc) is 2.85. The summed E-state index contributed by atoms with van der Waals surface area (Å²) in [6.07, 6.45) is 11.2. The van der Waals surface area contributed by atoms with Crippen LogP contribution in [0.15, 0.2) is 29.4 Å². The lowest BCUT2D eigenvalue weighted by Crippen LogP contribution is -2.48. The van der Waals surface area contributed by atoms with Crippen LogP contribution in [0.3, 0.4) is 0 Å². The average molecular weight is 520 g/mol.